The minimum atomic E-state index is -2.33. The molecule has 0 radical (unpaired) electrons. The summed E-state index contributed by atoms with van der Waals surface area (Å²) in [6.07, 6.45) is 7.67. The van der Waals surface area contributed by atoms with E-state index in [-0.39, 0.29) is 0 Å². The van der Waals surface area contributed by atoms with Gasteiger partial charge in [0.1, 0.15) is 6.71 Å². The van der Waals surface area contributed by atoms with Gasteiger partial charge in [0.2, 0.25) is 0 Å². The predicted octanol–water partition coefficient (Wildman–Crippen LogP) is 3.57. The SMILES string of the molecule is CCCB(CCC)CCC[Si](OC)(OC)OC. The third-order valence-electron chi connectivity index (χ3n) is 3.42. The molecule has 0 aromatic rings. The Morgan fingerprint density at radius 3 is 1.65 bits per heavy atom. The Kier molecular flexibility index (Phi) is 10.2. The highest BCUT2D eigenvalue weighted by Gasteiger charge is 2.37. The molecule has 0 fully saturated rings. The summed E-state index contributed by atoms with van der Waals surface area (Å²) in [5.41, 5.74) is 0. The van der Waals surface area contributed by atoms with Gasteiger partial charge in [0, 0.05) is 27.4 Å². The Morgan fingerprint density at radius 1 is 0.824 bits per heavy atom. The van der Waals surface area contributed by atoms with E-state index in [4.69, 9.17) is 13.3 Å². The fourth-order valence-corrected chi connectivity index (χ4v) is 4.16. The highest BCUT2D eigenvalue weighted by molar-refractivity contribution is 6.61. The van der Waals surface area contributed by atoms with E-state index in [1.165, 1.54) is 31.8 Å². The normalized spacial score (nSPS) is 11.8. The monoisotopic (exact) mass is 260 g/mol. The minimum absolute atomic E-state index is 0.863. The van der Waals surface area contributed by atoms with E-state index in [1.807, 2.05) is 0 Å². The molecule has 0 unspecified atom stereocenters. The highest BCUT2D eigenvalue weighted by atomic mass is 28.4. The van der Waals surface area contributed by atoms with Gasteiger partial charge in [-0.3, -0.25) is 0 Å². The summed E-state index contributed by atoms with van der Waals surface area (Å²) in [6.45, 7) is 5.39. The highest BCUT2D eigenvalue weighted by Crippen LogP contribution is 2.20. The second-order valence-electron chi connectivity index (χ2n) is 4.63. The molecule has 0 aromatic heterocycles. The van der Waals surface area contributed by atoms with Gasteiger partial charge in [-0.2, -0.15) is 0 Å². The lowest BCUT2D eigenvalue weighted by atomic mass is 9.41. The molecule has 0 rings (SSSR count). The Balaban J connectivity index is 3.99. The van der Waals surface area contributed by atoms with Crippen molar-refractivity contribution in [2.24, 2.45) is 0 Å². The molecule has 3 nitrogen and oxygen atoms in total. The lowest BCUT2D eigenvalue weighted by Crippen LogP contribution is -2.42. The molecule has 0 saturated carbocycles. The number of rotatable bonds is 11. The molecule has 0 bridgehead atoms. The average molecular weight is 260 g/mol. The minimum Gasteiger partial charge on any atom is -0.377 e. The van der Waals surface area contributed by atoms with Crippen LogP contribution < -0.4 is 0 Å². The summed E-state index contributed by atoms with van der Waals surface area (Å²) < 4.78 is 16.3. The first kappa shape index (κ1) is 17.2. The second-order valence-corrected chi connectivity index (χ2v) is 7.72. The largest absolute Gasteiger partial charge is 0.500 e. The maximum atomic E-state index is 5.43. The van der Waals surface area contributed by atoms with Gasteiger partial charge in [0.15, 0.2) is 0 Å². The quantitative estimate of drug-likeness (QED) is 0.531. The van der Waals surface area contributed by atoms with E-state index >= 15 is 0 Å². The van der Waals surface area contributed by atoms with Crippen LogP contribution in [-0.2, 0) is 13.3 Å². The Bertz CT molecular complexity index is 163. The van der Waals surface area contributed by atoms with Crippen molar-refractivity contribution in [2.45, 2.75) is 58.1 Å². The van der Waals surface area contributed by atoms with Crippen LogP contribution in [0.25, 0.3) is 0 Å². The lowest BCUT2D eigenvalue weighted by Gasteiger charge is -2.24. The van der Waals surface area contributed by atoms with E-state index in [9.17, 15) is 0 Å². The molecule has 5 heteroatoms. The molecule has 0 amide bonds. The maximum Gasteiger partial charge on any atom is 0.500 e. The zero-order valence-corrected chi connectivity index (χ0v) is 13.3. The third kappa shape index (κ3) is 6.60. The van der Waals surface area contributed by atoms with Gasteiger partial charge >= 0.3 is 8.80 Å². The van der Waals surface area contributed by atoms with Crippen LogP contribution in [-0.4, -0.2) is 36.8 Å². The number of hydrogen-bond acceptors (Lipinski definition) is 3. The molecule has 0 spiro atoms. The molecule has 0 aliphatic heterocycles. The predicted molar refractivity (Wildman–Crippen MR) is 77.0 cm³/mol. The fourth-order valence-electron chi connectivity index (χ4n) is 2.41. The molecule has 17 heavy (non-hydrogen) atoms. The van der Waals surface area contributed by atoms with E-state index in [1.54, 1.807) is 21.3 Å². The van der Waals surface area contributed by atoms with Gasteiger partial charge in [-0.25, -0.2) is 0 Å². The van der Waals surface area contributed by atoms with E-state index in [2.05, 4.69) is 13.8 Å². The summed E-state index contributed by atoms with van der Waals surface area (Å²) >= 11 is 0. The van der Waals surface area contributed by atoms with Crippen LogP contribution >= 0.6 is 0 Å². The van der Waals surface area contributed by atoms with Crippen molar-refractivity contribution >= 4 is 15.5 Å². The van der Waals surface area contributed by atoms with E-state index in [0.717, 1.165) is 19.2 Å². The summed E-state index contributed by atoms with van der Waals surface area (Å²) in [5, 5.41) is 0. The van der Waals surface area contributed by atoms with E-state index in [0.29, 0.717) is 0 Å². The third-order valence-corrected chi connectivity index (χ3v) is 6.25. The maximum absolute atomic E-state index is 5.43. The van der Waals surface area contributed by atoms with Crippen LogP contribution in [0.1, 0.15) is 33.1 Å². The van der Waals surface area contributed by atoms with Crippen LogP contribution in [0.4, 0.5) is 0 Å². The summed E-state index contributed by atoms with van der Waals surface area (Å²) in [7, 11) is 2.74. The molecule has 102 valence electrons. The van der Waals surface area contributed by atoms with Gasteiger partial charge in [-0.05, 0) is 0 Å². The zero-order valence-electron chi connectivity index (χ0n) is 12.3. The molecular formula is C12H29BO3Si. The first-order chi connectivity index (χ1) is 8.17. The van der Waals surface area contributed by atoms with Crippen LogP contribution in [0.15, 0.2) is 0 Å². The van der Waals surface area contributed by atoms with Crippen LogP contribution in [0.2, 0.25) is 25.0 Å². The van der Waals surface area contributed by atoms with Crippen LogP contribution in [0.5, 0.6) is 0 Å². The van der Waals surface area contributed by atoms with Gasteiger partial charge in [-0.15, -0.1) is 0 Å². The Labute approximate surface area is 109 Å². The summed E-state index contributed by atoms with van der Waals surface area (Å²) in [5.74, 6) is 0. The molecule has 0 N–H and O–H groups in total. The van der Waals surface area contributed by atoms with Crippen molar-refractivity contribution in [3.63, 3.8) is 0 Å². The fraction of sp³-hybridized carbons (Fsp3) is 1.00. The van der Waals surface area contributed by atoms with Crippen molar-refractivity contribution in [3.8, 4) is 0 Å². The zero-order chi connectivity index (χ0) is 13.1. The van der Waals surface area contributed by atoms with Gasteiger partial charge in [0.25, 0.3) is 0 Å². The molecule has 0 aliphatic carbocycles. The van der Waals surface area contributed by atoms with E-state index < -0.39 is 8.80 Å². The number of hydrogen-bond donors (Lipinski definition) is 0. The Hall–Kier alpha value is 0.162. The van der Waals surface area contributed by atoms with Crippen molar-refractivity contribution in [3.05, 3.63) is 0 Å². The van der Waals surface area contributed by atoms with Crippen molar-refractivity contribution < 1.29 is 13.3 Å². The van der Waals surface area contributed by atoms with Crippen LogP contribution in [0.3, 0.4) is 0 Å². The topological polar surface area (TPSA) is 27.7 Å². The summed E-state index contributed by atoms with van der Waals surface area (Å²) in [4.78, 5) is 0. The molecule has 0 atom stereocenters. The van der Waals surface area contributed by atoms with Crippen LogP contribution in [0, 0.1) is 0 Å². The smallest absolute Gasteiger partial charge is 0.377 e. The second kappa shape index (κ2) is 10.1. The standard InChI is InChI=1S/C12H29BO3Si/c1-6-9-13(10-7-2)11-8-12-17(14-3,15-4)16-5/h6-12H2,1-5H3. The van der Waals surface area contributed by atoms with Crippen molar-refractivity contribution in [1.82, 2.24) is 0 Å². The first-order valence-corrected chi connectivity index (χ1v) is 8.76. The van der Waals surface area contributed by atoms with Crippen molar-refractivity contribution in [1.29, 1.82) is 0 Å². The average Bonchev–Trinajstić information content (AvgIpc) is 2.36. The molecule has 0 aliphatic rings. The molecule has 0 saturated heterocycles. The Morgan fingerprint density at radius 2 is 1.29 bits per heavy atom. The molecule has 0 heterocycles. The van der Waals surface area contributed by atoms with Crippen molar-refractivity contribution in [2.75, 3.05) is 21.3 Å². The molecule has 0 aromatic carbocycles. The van der Waals surface area contributed by atoms with Gasteiger partial charge in [0.05, 0.1) is 0 Å². The molecular weight excluding hydrogens is 231 g/mol. The first-order valence-electron chi connectivity index (χ1n) is 6.83. The lowest BCUT2D eigenvalue weighted by molar-refractivity contribution is 0.123. The van der Waals surface area contributed by atoms with Gasteiger partial charge < -0.3 is 13.3 Å². The van der Waals surface area contributed by atoms with Gasteiger partial charge in [-0.1, -0.05) is 52.1 Å². The summed E-state index contributed by atoms with van der Waals surface area (Å²) in [6, 6.07) is 0.931.